The van der Waals surface area contributed by atoms with Crippen LogP contribution in [0.3, 0.4) is 0 Å². The van der Waals surface area contributed by atoms with Crippen LogP contribution in [0.25, 0.3) is 22.3 Å². The number of piperidine rings is 1. The average molecular weight is 494 g/mol. The lowest BCUT2D eigenvalue weighted by atomic mass is 10.0. The Morgan fingerprint density at radius 1 is 1.14 bits per heavy atom. The van der Waals surface area contributed by atoms with Crippen molar-refractivity contribution >= 4 is 22.8 Å². The number of fused-ring (bicyclic) bond motifs is 1. The zero-order chi connectivity index (χ0) is 25.1. The van der Waals surface area contributed by atoms with Crippen molar-refractivity contribution in [2.75, 3.05) is 40.5 Å². The van der Waals surface area contributed by atoms with E-state index in [1.165, 1.54) is 26.3 Å². The summed E-state index contributed by atoms with van der Waals surface area (Å²) in [6.07, 6.45) is 6.90. The van der Waals surface area contributed by atoms with Crippen LogP contribution in [-0.4, -0.2) is 78.2 Å². The van der Waals surface area contributed by atoms with Crippen LogP contribution in [0.15, 0.2) is 30.7 Å². The van der Waals surface area contributed by atoms with E-state index in [1.54, 1.807) is 18.2 Å². The average Bonchev–Trinajstić information content (AvgIpc) is 3.63. The van der Waals surface area contributed by atoms with E-state index in [0.29, 0.717) is 72.2 Å². The third kappa shape index (κ3) is 5.13. The highest BCUT2D eigenvalue weighted by molar-refractivity contribution is 6.08. The molecular formula is C26H31N5O5. The quantitative estimate of drug-likeness (QED) is 0.471. The number of aromatic amines is 1. The van der Waals surface area contributed by atoms with Crippen LogP contribution < -0.4 is 14.8 Å². The zero-order valence-corrected chi connectivity index (χ0v) is 20.6. The predicted octanol–water partition coefficient (Wildman–Crippen LogP) is 2.79. The second-order valence-corrected chi connectivity index (χ2v) is 9.33. The summed E-state index contributed by atoms with van der Waals surface area (Å²) in [5, 5.41) is 3.10. The second-order valence-electron chi connectivity index (χ2n) is 9.33. The van der Waals surface area contributed by atoms with Crippen LogP contribution in [0.5, 0.6) is 11.5 Å². The van der Waals surface area contributed by atoms with E-state index in [1.807, 2.05) is 18.2 Å². The van der Waals surface area contributed by atoms with Gasteiger partial charge in [-0.05, 0) is 43.7 Å². The summed E-state index contributed by atoms with van der Waals surface area (Å²) in [5.41, 5.74) is 3.15. The zero-order valence-electron chi connectivity index (χ0n) is 20.6. The van der Waals surface area contributed by atoms with Crippen molar-refractivity contribution in [1.29, 1.82) is 0 Å². The molecule has 10 heteroatoms. The van der Waals surface area contributed by atoms with E-state index in [0.717, 1.165) is 5.56 Å². The van der Waals surface area contributed by atoms with Crippen molar-refractivity contribution in [2.24, 2.45) is 5.92 Å². The summed E-state index contributed by atoms with van der Waals surface area (Å²) >= 11 is 0. The fraction of sp³-hybridized carbons (Fsp3) is 0.462. The molecule has 0 radical (unpaired) electrons. The molecule has 3 aromatic rings. The Labute approximate surface area is 209 Å². The Kier molecular flexibility index (Phi) is 7.04. The predicted molar refractivity (Wildman–Crippen MR) is 133 cm³/mol. The Bertz CT molecular complexity index is 1250. The number of benzene rings is 1. The SMILES string of the molecule is COCC(=O)N1CCC(NC(=O)c2c[nH]c3c(-c4ccc(OC)cc4OCC4CC4)ncnc23)CC1. The maximum absolute atomic E-state index is 13.2. The van der Waals surface area contributed by atoms with E-state index in [2.05, 4.69) is 20.3 Å². The van der Waals surface area contributed by atoms with Crippen LogP contribution in [0.4, 0.5) is 0 Å². The first-order chi connectivity index (χ1) is 17.6. The molecule has 0 spiro atoms. The normalized spacial score (nSPS) is 16.2. The highest BCUT2D eigenvalue weighted by Gasteiger charge is 2.26. The highest BCUT2D eigenvalue weighted by atomic mass is 16.5. The first-order valence-corrected chi connectivity index (χ1v) is 12.3. The van der Waals surface area contributed by atoms with Gasteiger partial charge in [0.2, 0.25) is 5.91 Å². The molecule has 36 heavy (non-hydrogen) atoms. The maximum Gasteiger partial charge on any atom is 0.255 e. The summed E-state index contributed by atoms with van der Waals surface area (Å²) in [4.78, 5) is 39.1. The molecule has 10 nitrogen and oxygen atoms in total. The third-order valence-corrected chi connectivity index (χ3v) is 6.77. The van der Waals surface area contributed by atoms with E-state index in [-0.39, 0.29) is 24.5 Å². The van der Waals surface area contributed by atoms with Crippen molar-refractivity contribution < 1.29 is 23.8 Å². The van der Waals surface area contributed by atoms with Gasteiger partial charge in [-0.3, -0.25) is 9.59 Å². The molecule has 1 saturated carbocycles. The smallest absolute Gasteiger partial charge is 0.255 e. The molecule has 190 valence electrons. The largest absolute Gasteiger partial charge is 0.497 e. The van der Waals surface area contributed by atoms with Gasteiger partial charge in [0, 0.05) is 44.1 Å². The number of hydrogen-bond donors (Lipinski definition) is 2. The molecule has 3 heterocycles. The molecule has 2 N–H and O–H groups in total. The van der Waals surface area contributed by atoms with Crippen molar-refractivity contribution in [3.63, 3.8) is 0 Å². The number of rotatable bonds is 9. The van der Waals surface area contributed by atoms with Gasteiger partial charge in [0.05, 0.1) is 24.8 Å². The van der Waals surface area contributed by atoms with E-state index in [9.17, 15) is 9.59 Å². The summed E-state index contributed by atoms with van der Waals surface area (Å²) < 4.78 is 16.5. The monoisotopic (exact) mass is 493 g/mol. The number of nitrogens with zero attached hydrogens (tertiary/aromatic N) is 3. The fourth-order valence-electron chi connectivity index (χ4n) is 4.50. The third-order valence-electron chi connectivity index (χ3n) is 6.77. The van der Waals surface area contributed by atoms with Gasteiger partial charge in [-0.25, -0.2) is 9.97 Å². The van der Waals surface area contributed by atoms with E-state index in [4.69, 9.17) is 14.2 Å². The van der Waals surface area contributed by atoms with Gasteiger partial charge >= 0.3 is 0 Å². The molecule has 1 aliphatic carbocycles. The number of nitrogens with one attached hydrogen (secondary N) is 2. The molecule has 2 fully saturated rings. The number of H-pyrrole nitrogens is 1. The first kappa shape index (κ1) is 24.1. The highest BCUT2D eigenvalue weighted by Crippen LogP contribution is 2.37. The fourth-order valence-corrected chi connectivity index (χ4v) is 4.50. The van der Waals surface area contributed by atoms with E-state index < -0.39 is 0 Å². The molecule has 1 aromatic carbocycles. The number of amides is 2. The Morgan fingerprint density at radius 3 is 2.67 bits per heavy atom. The van der Waals surface area contributed by atoms with Crippen LogP contribution >= 0.6 is 0 Å². The Morgan fingerprint density at radius 2 is 1.94 bits per heavy atom. The van der Waals surface area contributed by atoms with E-state index >= 15 is 0 Å². The molecule has 1 saturated heterocycles. The van der Waals surface area contributed by atoms with Crippen molar-refractivity contribution in [1.82, 2.24) is 25.2 Å². The molecule has 2 aromatic heterocycles. The lowest BCUT2D eigenvalue weighted by Crippen LogP contribution is -2.47. The lowest BCUT2D eigenvalue weighted by molar-refractivity contribution is -0.136. The summed E-state index contributed by atoms with van der Waals surface area (Å²) in [5.74, 6) is 1.77. The molecule has 0 atom stereocenters. The Balaban J connectivity index is 1.34. The maximum atomic E-state index is 13.2. The standard InChI is InChI=1S/C26H31N5O5/c1-34-14-22(32)31-9-7-17(8-10-31)30-26(33)20-12-27-25-23(28-15-29-24(20)25)19-6-5-18(35-2)11-21(19)36-13-16-3-4-16/h5-6,11-12,15-17,27H,3-4,7-10,13-14H2,1-2H3,(H,30,33). The molecule has 0 unspecified atom stereocenters. The van der Waals surface area contributed by atoms with Gasteiger partial charge in [0.1, 0.15) is 35.6 Å². The van der Waals surface area contributed by atoms with Crippen LogP contribution in [0.1, 0.15) is 36.0 Å². The minimum absolute atomic E-state index is 0.0145. The topological polar surface area (TPSA) is 119 Å². The lowest BCUT2D eigenvalue weighted by Gasteiger charge is -2.32. The number of ether oxygens (including phenoxy) is 3. The van der Waals surface area contributed by atoms with Crippen LogP contribution in [0.2, 0.25) is 0 Å². The van der Waals surface area contributed by atoms with Crippen LogP contribution in [-0.2, 0) is 9.53 Å². The Hall–Kier alpha value is -3.66. The van der Waals surface area contributed by atoms with Gasteiger partial charge in [-0.15, -0.1) is 0 Å². The number of hydrogen-bond acceptors (Lipinski definition) is 7. The second kappa shape index (κ2) is 10.5. The summed E-state index contributed by atoms with van der Waals surface area (Å²) in [7, 11) is 3.14. The van der Waals surface area contributed by atoms with Crippen molar-refractivity contribution in [2.45, 2.75) is 31.7 Å². The summed E-state index contributed by atoms with van der Waals surface area (Å²) in [6.45, 7) is 1.92. The molecule has 2 amide bonds. The summed E-state index contributed by atoms with van der Waals surface area (Å²) in [6, 6.07) is 5.64. The van der Waals surface area contributed by atoms with Crippen molar-refractivity contribution in [3.8, 4) is 22.8 Å². The first-order valence-electron chi connectivity index (χ1n) is 12.3. The van der Waals surface area contributed by atoms with Gasteiger partial charge < -0.3 is 29.4 Å². The minimum atomic E-state index is -0.201. The molecule has 5 rings (SSSR count). The molecule has 0 bridgehead atoms. The number of aromatic nitrogens is 3. The van der Waals surface area contributed by atoms with Gasteiger partial charge in [0.15, 0.2) is 0 Å². The van der Waals surface area contributed by atoms with Gasteiger partial charge in [-0.2, -0.15) is 0 Å². The minimum Gasteiger partial charge on any atom is -0.497 e. The number of likely N-dealkylation sites (tertiary alicyclic amines) is 1. The molecule has 2 aliphatic rings. The number of carbonyl (C=O) groups is 2. The van der Waals surface area contributed by atoms with Crippen molar-refractivity contribution in [3.05, 3.63) is 36.3 Å². The van der Waals surface area contributed by atoms with Gasteiger partial charge in [0.25, 0.3) is 5.91 Å². The van der Waals surface area contributed by atoms with Crippen LogP contribution in [0, 0.1) is 5.92 Å². The van der Waals surface area contributed by atoms with Gasteiger partial charge in [-0.1, -0.05) is 0 Å². The molecule has 1 aliphatic heterocycles. The molecular weight excluding hydrogens is 462 g/mol. The number of methoxy groups -OCH3 is 2. The number of carbonyl (C=O) groups excluding carboxylic acids is 2.